The molecule has 0 atom stereocenters. The van der Waals surface area contributed by atoms with E-state index in [4.69, 9.17) is 5.73 Å². The maximum atomic E-state index is 9.88. The van der Waals surface area contributed by atoms with Gasteiger partial charge in [0.2, 0.25) is 0 Å². The van der Waals surface area contributed by atoms with Crippen molar-refractivity contribution in [3.05, 3.63) is 48.7 Å². The largest absolute Gasteiger partial charge is 0.506 e. The van der Waals surface area contributed by atoms with Gasteiger partial charge in [0.05, 0.1) is 11.9 Å². The van der Waals surface area contributed by atoms with Crippen LogP contribution in [0.25, 0.3) is 16.6 Å². The lowest BCUT2D eigenvalue weighted by atomic mass is 10.2. The number of hydrogen-bond acceptors (Lipinski definition) is 3. The van der Waals surface area contributed by atoms with E-state index in [2.05, 4.69) is 5.10 Å². The minimum atomic E-state index is 0.211. The maximum absolute atomic E-state index is 9.88. The van der Waals surface area contributed by atoms with Crippen LogP contribution >= 0.6 is 0 Å². The van der Waals surface area contributed by atoms with Crippen molar-refractivity contribution in [3.8, 4) is 11.4 Å². The number of anilines is 1. The summed E-state index contributed by atoms with van der Waals surface area (Å²) in [4.78, 5) is 0. The van der Waals surface area contributed by atoms with E-state index >= 15 is 0 Å². The third-order valence-corrected chi connectivity index (χ3v) is 2.68. The Morgan fingerprint density at radius 1 is 1.12 bits per heavy atom. The first-order valence-corrected chi connectivity index (χ1v) is 5.27. The predicted molar refractivity (Wildman–Crippen MR) is 67.1 cm³/mol. The number of rotatable bonds is 1. The van der Waals surface area contributed by atoms with E-state index in [1.165, 1.54) is 0 Å². The first-order chi connectivity index (χ1) is 8.25. The van der Waals surface area contributed by atoms with E-state index in [-0.39, 0.29) is 5.75 Å². The summed E-state index contributed by atoms with van der Waals surface area (Å²) in [6, 6.07) is 12.7. The number of para-hydroxylation sites is 1. The van der Waals surface area contributed by atoms with Crippen LogP contribution in [0.3, 0.4) is 0 Å². The third kappa shape index (κ3) is 1.50. The molecule has 1 heterocycles. The first-order valence-electron chi connectivity index (χ1n) is 5.27. The molecule has 3 aromatic rings. The summed E-state index contributed by atoms with van der Waals surface area (Å²) in [5.74, 6) is 0.211. The Labute approximate surface area is 97.9 Å². The van der Waals surface area contributed by atoms with Crippen molar-refractivity contribution >= 4 is 16.6 Å². The average Bonchev–Trinajstić information content (AvgIpc) is 2.74. The number of hydrogen-bond donors (Lipinski definition) is 2. The van der Waals surface area contributed by atoms with Gasteiger partial charge in [0, 0.05) is 11.1 Å². The number of aromatic hydroxyl groups is 1. The van der Waals surface area contributed by atoms with E-state index in [9.17, 15) is 5.11 Å². The molecule has 0 amide bonds. The molecular formula is C13H11N3O. The van der Waals surface area contributed by atoms with Crippen LogP contribution in [0.1, 0.15) is 0 Å². The Balaban J connectivity index is 2.31. The van der Waals surface area contributed by atoms with E-state index in [0.717, 1.165) is 11.1 Å². The van der Waals surface area contributed by atoms with Gasteiger partial charge in [-0.2, -0.15) is 5.10 Å². The SMILES string of the molecule is Nc1cccc(-n2ncc3cccc(O)c32)c1. The molecule has 4 nitrogen and oxygen atoms in total. The highest BCUT2D eigenvalue weighted by molar-refractivity contribution is 5.85. The topological polar surface area (TPSA) is 64.1 Å². The molecule has 0 aliphatic carbocycles. The average molecular weight is 225 g/mol. The minimum Gasteiger partial charge on any atom is -0.506 e. The highest BCUT2D eigenvalue weighted by Crippen LogP contribution is 2.26. The molecule has 0 fully saturated rings. The fourth-order valence-corrected chi connectivity index (χ4v) is 1.91. The Bertz CT molecular complexity index is 688. The summed E-state index contributed by atoms with van der Waals surface area (Å²) >= 11 is 0. The zero-order valence-electron chi connectivity index (χ0n) is 9.04. The van der Waals surface area contributed by atoms with E-state index < -0.39 is 0 Å². The van der Waals surface area contributed by atoms with Crippen molar-refractivity contribution in [2.45, 2.75) is 0 Å². The lowest BCUT2D eigenvalue weighted by Gasteiger charge is -2.05. The van der Waals surface area contributed by atoms with E-state index in [1.54, 1.807) is 23.0 Å². The van der Waals surface area contributed by atoms with Crippen LogP contribution in [0, 0.1) is 0 Å². The molecule has 0 aliphatic rings. The summed E-state index contributed by atoms with van der Waals surface area (Å²) in [6.45, 7) is 0. The van der Waals surface area contributed by atoms with Crippen LogP contribution in [0.2, 0.25) is 0 Å². The van der Waals surface area contributed by atoms with Gasteiger partial charge in [-0.25, -0.2) is 4.68 Å². The first kappa shape index (κ1) is 9.72. The molecule has 2 aromatic carbocycles. The van der Waals surface area contributed by atoms with Gasteiger partial charge < -0.3 is 10.8 Å². The molecule has 0 spiro atoms. The second kappa shape index (κ2) is 3.52. The number of fused-ring (bicyclic) bond motifs is 1. The molecule has 3 N–H and O–H groups in total. The highest BCUT2D eigenvalue weighted by atomic mass is 16.3. The van der Waals surface area contributed by atoms with E-state index in [0.29, 0.717) is 11.2 Å². The zero-order chi connectivity index (χ0) is 11.8. The summed E-state index contributed by atoms with van der Waals surface area (Å²) < 4.78 is 1.68. The Kier molecular flexibility index (Phi) is 2.01. The highest BCUT2D eigenvalue weighted by Gasteiger charge is 2.08. The third-order valence-electron chi connectivity index (χ3n) is 2.68. The zero-order valence-corrected chi connectivity index (χ0v) is 9.04. The molecule has 0 aliphatic heterocycles. The van der Waals surface area contributed by atoms with Gasteiger partial charge in [-0.1, -0.05) is 18.2 Å². The molecule has 3 rings (SSSR count). The standard InChI is InChI=1S/C13H11N3O/c14-10-4-2-5-11(7-10)16-13-9(8-15-16)3-1-6-12(13)17/h1-8,17H,14H2. The van der Waals surface area contributed by atoms with Crippen LogP contribution in [0.15, 0.2) is 48.7 Å². The Morgan fingerprint density at radius 2 is 1.94 bits per heavy atom. The second-order valence-electron chi connectivity index (χ2n) is 3.87. The van der Waals surface area contributed by atoms with Gasteiger partial charge in [0.15, 0.2) is 0 Å². The number of phenolic OH excluding ortho intramolecular Hbond substituents is 1. The molecule has 0 radical (unpaired) electrons. The minimum absolute atomic E-state index is 0.211. The van der Waals surface area contributed by atoms with Crippen LogP contribution in [-0.4, -0.2) is 14.9 Å². The van der Waals surface area contributed by atoms with E-state index in [1.807, 2.05) is 30.3 Å². The smallest absolute Gasteiger partial charge is 0.141 e. The number of nitrogens with zero attached hydrogens (tertiary/aromatic N) is 2. The lowest BCUT2D eigenvalue weighted by molar-refractivity contribution is 0.479. The summed E-state index contributed by atoms with van der Waals surface area (Å²) in [5, 5.41) is 15.0. The number of phenols is 1. The monoisotopic (exact) mass is 225 g/mol. The van der Waals surface area contributed by atoms with Crippen molar-refractivity contribution in [3.63, 3.8) is 0 Å². The molecule has 17 heavy (non-hydrogen) atoms. The molecule has 84 valence electrons. The number of nitrogens with two attached hydrogens (primary N) is 1. The predicted octanol–water partition coefficient (Wildman–Crippen LogP) is 2.31. The van der Waals surface area contributed by atoms with Crippen molar-refractivity contribution in [1.29, 1.82) is 0 Å². The van der Waals surface area contributed by atoms with Crippen LogP contribution < -0.4 is 5.73 Å². The molecule has 4 heteroatoms. The van der Waals surface area contributed by atoms with Crippen molar-refractivity contribution in [2.24, 2.45) is 0 Å². The van der Waals surface area contributed by atoms with Gasteiger partial charge in [-0.3, -0.25) is 0 Å². The van der Waals surface area contributed by atoms with Crippen LogP contribution in [0.5, 0.6) is 5.75 Å². The molecule has 0 saturated carbocycles. The van der Waals surface area contributed by atoms with Gasteiger partial charge in [-0.05, 0) is 24.3 Å². The molecule has 0 saturated heterocycles. The van der Waals surface area contributed by atoms with Crippen molar-refractivity contribution in [2.75, 3.05) is 5.73 Å². The van der Waals surface area contributed by atoms with Crippen LogP contribution in [-0.2, 0) is 0 Å². The van der Waals surface area contributed by atoms with Gasteiger partial charge in [0.1, 0.15) is 11.3 Å². The summed E-state index contributed by atoms with van der Waals surface area (Å²) in [7, 11) is 0. The number of aromatic nitrogens is 2. The van der Waals surface area contributed by atoms with Crippen molar-refractivity contribution < 1.29 is 5.11 Å². The lowest BCUT2D eigenvalue weighted by Crippen LogP contribution is -1.97. The van der Waals surface area contributed by atoms with Crippen LogP contribution in [0.4, 0.5) is 5.69 Å². The number of benzene rings is 2. The summed E-state index contributed by atoms with van der Waals surface area (Å²) in [5.41, 5.74) is 7.94. The van der Waals surface area contributed by atoms with Gasteiger partial charge >= 0.3 is 0 Å². The van der Waals surface area contributed by atoms with Gasteiger partial charge in [-0.15, -0.1) is 0 Å². The molecule has 0 bridgehead atoms. The molecule has 0 unspecified atom stereocenters. The maximum Gasteiger partial charge on any atom is 0.141 e. The normalized spacial score (nSPS) is 10.8. The second-order valence-corrected chi connectivity index (χ2v) is 3.87. The van der Waals surface area contributed by atoms with Crippen molar-refractivity contribution in [1.82, 2.24) is 9.78 Å². The number of nitrogen functional groups attached to an aromatic ring is 1. The fourth-order valence-electron chi connectivity index (χ4n) is 1.91. The van der Waals surface area contributed by atoms with Gasteiger partial charge in [0.25, 0.3) is 0 Å². The molecular weight excluding hydrogens is 214 g/mol. The Morgan fingerprint density at radius 3 is 2.76 bits per heavy atom. The molecule has 1 aromatic heterocycles. The fraction of sp³-hybridized carbons (Fsp3) is 0. The summed E-state index contributed by atoms with van der Waals surface area (Å²) in [6.07, 6.45) is 1.72. The Hall–Kier alpha value is -2.49. The quantitative estimate of drug-likeness (QED) is 0.624.